The van der Waals surface area contributed by atoms with Crippen LogP contribution >= 0.6 is 0 Å². The molecule has 0 bridgehead atoms. The van der Waals surface area contributed by atoms with Gasteiger partial charge in [0.1, 0.15) is 12.6 Å². The first kappa shape index (κ1) is 23.3. The molecule has 0 aliphatic carbocycles. The highest BCUT2D eigenvalue weighted by molar-refractivity contribution is 5.86. The van der Waals surface area contributed by atoms with Gasteiger partial charge in [-0.2, -0.15) is 0 Å². The molecule has 0 saturated carbocycles. The van der Waals surface area contributed by atoms with Crippen LogP contribution in [-0.4, -0.2) is 34.6 Å². The number of benzene rings is 3. The molecule has 0 radical (unpaired) electrons. The van der Waals surface area contributed by atoms with Crippen LogP contribution in [0.3, 0.4) is 0 Å². The molecule has 182 valence electrons. The first-order valence-corrected chi connectivity index (χ1v) is 11.8. The van der Waals surface area contributed by atoms with Crippen LogP contribution in [0, 0.1) is 0 Å². The van der Waals surface area contributed by atoms with Gasteiger partial charge >= 0.3 is 0 Å². The molecular formula is C28H28N6O2. The van der Waals surface area contributed by atoms with Crippen LogP contribution in [0.2, 0.25) is 0 Å². The Labute approximate surface area is 208 Å². The standard InChI is InChI=1S/C28H28N6O2/c29-23(15-35)27(21-13-31-25-10-3-1-8-19(21)25)33-17-6-5-7-18(12-17)34-28(24(30)16-36)22-14-32-26-11-4-2-9-20(22)26/h1-16,23-24,27-28,31-34H,29-30H2/t23-,24?,27?,28?/m0/s1. The topological polar surface area (TPSA) is 142 Å². The van der Waals surface area contributed by atoms with Crippen molar-refractivity contribution in [1.82, 2.24) is 9.97 Å². The molecule has 2 aromatic heterocycles. The highest BCUT2D eigenvalue weighted by Crippen LogP contribution is 2.32. The van der Waals surface area contributed by atoms with Crippen molar-refractivity contribution in [1.29, 1.82) is 0 Å². The third kappa shape index (κ3) is 4.47. The van der Waals surface area contributed by atoms with Crippen LogP contribution in [0.4, 0.5) is 11.4 Å². The summed E-state index contributed by atoms with van der Waals surface area (Å²) in [6, 6.07) is 21.0. The number of carbonyl (C=O) groups is 2. The summed E-state index contributed by atoms with van der Waals surface area (Å²) in [5.41, 5.74) is 17.7. The lowest BCUT2D eigenvalue weighted by Crippen LogP contribution is -2.35. The number of aromatic nitrogens is 2. The number of anilines is 2. The van der Waals surface area contributed by atoms with Crippen molar-refractivity contribution in [2.75, 3.05) is 10.6 Å². The number of nitrogens with two attached hydrogens (primary N) is 2. The molecule has 2 heterocycles. The minimum Gasteiger partial charge on any atom is -0.376 e. The maximum atomic E-state index is 11.7. The predicted molar refractivity (Wildman–Crippen MR) is 144 cm³/mol. The Morgan fingerprint density at radius 1 is 0.639 bits per heavy atom. The fraction of sp³-hybridized carbons (Fsp3) is 0.143. The average molecular weight is 481 g/mol. The number of H-pyrrole nitrogens is 2. The number of hydrogen-bond donors (Lipinski definition) is 6. The van der Waals surface area contributed by atoms with E-state index >= 15 is 0 Å². The number of fused-ring (bicyclic) bond motifs is 2. The summed E-state index contributed by atoms with van der Waals surface area (Å²) in [5.74, 6) is 0. The van der Waals surface area contributed by atoms with Gasteiger partial charge in [-0.15, -0.1) is 0 Å². The van der Waals surface area contributed by atoms with E-state index in [0.717, 1.165) is 56.9 Å². The molecule has 5 aromatic rings. The van der Waals surface area contributed by atoms with Crippen molar-refractivity contribution in [3.63, 3.8) is 0 Å². The molecule has 0 amide bonds. The molecule has 0 fully saturated rings. The van der Waals surface area contributed by atoms with E-state index < -0.39 is 24.2 Å². The first-order chi connectivity index (χ1) is 17.6. The second kappa shape index (κ2) is 10.1. The van der Waals surface area contributed by atoms with Gasteiger partial charge < -0.3 is 41.7 Å². The summed E-state index contributed by atoms with van der Waals surface area (Å²) < 4.78 is 0. The lowest BCUT2D eigenvalue weighted by Gasteiger charge is -2.25. The highest BCUT2D eigenvalue weighted by atomic mass is 16.1. The zero-order chi connectivity index (χ0) is 25.1. The van der Waals surface area contributed by atoms with Gasteiger partial charge in [0.25, 0.3) is 0 Å². The third-order valence-electron chi connectivity index (χ3n) is 6.50. The van der Waals surface area contributed by atoms with E-state index in [1.54, 1.807) is 0 Å². The Kier molecular flexibility index (Phi) is 6.53. The van der Waals surface area contributed by atoms with Gasteiger partial charge in [0.15, 0.2) is 0 Å². The quantitative estimate of drug-likeness (QED) is 0.167. The molecule has 4 atom stereocenters. The molecule has 8 N–H and O–H groups in total. The number of aromatic amines is 2. The molecule has 5 rings (SSSR count). The summed E-state index contributed by atoms with van der Waals surface area (Å²) in [6.45, 7) is 0. The molecule has 3 unspecified atom stereocenters. The van der Waals surface area contributed by atoms with Gasteiger partial charge in [-0.25, -0.2) is 0 Å². The number of rotatable bonds is 10. The number of aldehydes is 2. The van der Waals surface area contributed by atoms with Gasteiger partial charge in [-0.1, -0.05) is 42.5 Å². The molecule has 3 aromatic carbocycles. The van der Waals surface area contributed by atoms with Crippen molar-refractivity contribution in [2.45, 2.75) is 24.2 Å². The second-order valence-electron chi connectivity index (χ2n) is 8.83. The van der Waals surface area contributed by atoms with Crippen LogP contribution in [-0.2, 0) is 9.59 Å². The molecule has 36 heavy (non-hydrogen) atoms. The van der Waals surface area contributed by atoms with Gasteiger partial charge in [0, 0.05) is 56.7 Å². The summed E-state index contributed by atoms with van der Waals surface area (Å²) in [5, 5.41) is 8.84. The van der Waals surface area contributed by atoms with Gasteiger partial charge in [-0.3, -0.25) is 0 Å². The molecule has 8 heteroatoms. The maximum Gasteiger partial charge on any atom is 0.139 e. The van der Waals surface area contributed by atoms with E-state index in [4.69, 9.17) is 11.5 Å². The normalized spacial score (nSPS) is 14.7. The van der Waals surface area contributed by atoms with Crippen LogP contribution in [0.1, 0.15) is 23.2 Å². The van der Waals surface area contributed by atoms with E-state index in [1.165, 1.54) is 0 Å². The maximum absolute atomic E-state index is 11.7. The summed E-state index contributed by atoms with van der Waals surface area (Å²) in [6.07, 6.45) is 5.25. The predicted octanol–water partition coefficient (Wildman–Crippen LogP) is 4.01. The molecule has 0 saturated heterocycles. The lowest BCUT2D eigenvalue weighted by molar-refractivity contribution is -0.109. The monoisotopic (exact) mass is 480 g/mol. The molecule has 0 aliphatic heterocycles. The Balaban J connectivity index is 1.45. The van der Waals surface area contributed by atoms with E-state index in [9.17, 15) is 9.59 Å². The van der Waals surface area contributed by atoms with Gasteiger partial charge in [0.2, 0.25) is 0 Å². The summed E-state index contributed by atoms with van der Waals surface area (Å²) >= 11 is 0. The smallest absolute Gasteiger partial charge is 0.139 e. The van der Waals surface area contributed by atoms with E-state index in [0.29, 0.717) is 0 Å². The Bertz CT molecular complexity index is 1400. The van der Waals surface area contributed by atoms with Gasteiger partial charge in [-0.05, 0) is 30.3 Å². The summed E-state index contributed by atoms with van der Waals surface area (Å²) in [4.78, 5) is 29.9. The van der Waals surface area contributed by atoms with Crippen molar-refractivity contribution in [3.8, 4) is 0 Å². The highest BCUT2D eigenvalue weighted by Gasteiger charge is 2.24. The Morgan fingerprint density at radius 2 is 1.08 bits per heavy atom. The zero-order valence-electron chi connectivity index (χ0n) is 19.5. The molecule has 0 spiro atoms. The van der Waals surface area contributed by atoms with Gasteiger partial charge in [0.05, 0.1) is 24.2 Å². The minimum atomic E-state index is -0.761. The number of nitrogens with one attached hydrogen (secondary N) is 4. The average Bonchev–Trinajstić information content (AvgIpc) is 3.54. The van der Waals surface area contributed by atoms with Crippen molar-refractivity contribution >= 4 is 45.8 Å². The SMILES string of the molecule is NC(C=O)C(Nc1cccc(NC(c2c[nH]c3ccccc23)[C@@H](N)C=O)c1)c1c[nH]c2ccccc12. The third-order valence-corrected chi connectivity index (χ3v) is 6.50. The second-order valence-corrected chi connectivity index (χ2v) is 8.83. The Hall–Kier alpha value is -4.40. The minimum absolute atomic E-state index is 0.449. The van der Waals surface area contributed by atoms with Crippen molar-refractivity contribution in [2.24, 2.45) is 11.5 Å². The van der Waals surface area contributed by atoms with Crippen LogP contribution in [0.15, 0.2) is 85.2 Å². The Morgan fingerprint density at radius 3 is 1.53 bits per heavy atom. The zero-order valence-corrected chi connectivity index (χ0v) is 19.5. The number of para-hydroxylation sites is 2. The van der Waals surface area contributed by atoms with Crippen molar-refractivity contribution < 1.29 is 9.59 Å². The molecule has 0 aliphatic rings. The van der Waals surface area contributed by atoms with E-state index in [-0.39, 0.29) is 0 Å². The van der Waals surface area contributed by atoms with E-state index in [1.807, 2.05) is 85.2 Å². The van der Waals surface area contributed by atoms with E-state index in [2.05, 4.69) is 20.6 Å². The largest absolute Gasteiger partial charge is 0.376 e. The van der Waals surface area contributed by atoms with Crippen LogP contribution < -0.4 is 22.1 Å². The first-order valence-electron chi connectivity index (χ1n) is 11.8. The van der Waals surface area contributed by atoms with Crippen molar-refractivity contribution in [3.05, 3.63) is 96.3 Å². The van der Waals surface area contributed by atoms with Crippen LogP contribution in [0.25, 0.3) is 21.8 Å². The number of hydrogen-bond acceptors (Lipinski definition) is 6. The fourth-order valence-corrected chi connectivity index (χ4v) is 4.68. The lowest BCUT2D eigenvalue weighted by atomic mass is 9.99. The molecular weight excluding hydrogens is 452 g/mol. The summed E-state index contributed by atoms with van der Waals surface area (Å²) in [7, 11) is 0. The number of carbonyl (C=O) groups excluding carboxylic acids is 2. The fourth-order valence-electron chi connectivity index (χ4n) is 4.68. The van der Waals surface area contributed by atoms with Crippen LogP contribution in [0.5, 0.6) is 0 Å². The molecule has 8 nitrogen and oxygen atoms in total.